The highest BCUT2D eigenvalue weighted by Gasteiger charge is 2.43. The molecule has 2 fully saturated rings. The average molecular weight is 327 g/mol. The molecule has 20 heavy (non-hydrogen) atoms. The van der Waals surface area contributed by atoms with E-state index in [9.17, 15) is 13.2 Å². The number of amides is 1. The Balaban J connectivity index is 0.00000200. The highest BCUT2D eigenvalue weighted by Crippen LogP contribution is 2.39. The number of nitrogens with zero attached hydrogens (tertiary/aromatic N) is 2. The van der Waals surface area contributed by atoms with Crippen LogP contribution in [0.25, 0.3) is 0 Å². The summed E-state index contributed by atoms with van der Waals surface area (Å²) in [5.41, 5.74) is 5.39. The van der Waals surface area contributed by atoms with Crippen molar-refractivity contribution in [2.24, 2.45) is 16.3 Å². The monoisotopic (exact) mass is 326 g/mol. The van der Waals surface area contributed by atoms with E-state index in [1.54, 1.807) is 4.90 Å². The van der Waals surface area contributed by atoms with Crippen molar-refractivity contribution in [3.63, 3.8) is 0 Å². The second kappa shape index (κ2) is 6.57. The third kappa shape index (κ3) is 3.43. The van der Waals surface area contributed by atoms with Gasteiger partial charge in [-0.15, -0.1) is 12.4 Å². The zero-order valence-corrected chi connectivity index (χ0v) is 13.1. The Hall–Kier alpha value is -0.410. The minimum Gasteiger partial charge on any atom is -0.340 e. The standard InChI is InChI=1S/C11H22N4O3S.ClH/c12-9-11(3-1-2-4-11)10(16)14-5-7-15(8-6-14)19(13,17)18;/h1-9,12H2,(H2,13,17,18);1H. The summed E-state index contributed by atoms with van der Waals surface area (Å²) >= 11 is 0. The number of nitrogens with two attached hydrogens (primary N) is 2. The minimum atomic E-state index is -3.64. The molecule has 2 aliphatic rings. The molecular weight excluding hydrogens is 304 g/mol. The summed E-state index contributed by atoms with van der Waals surface area (Å²) in [6.07, 6.45) is 3.77. The van der Waals surface area contributed by atoms with Gasteiger partial charge in [-0.2, -0.15) is 12.7 Å². The number of hydrogen-bond donors (Lipinski definition) is 2. The van der Waals surface area contributed by atoms with Gasteiger partial charge in [-0.1, -0.05) is 12.8 Å². The molecule has 2 rings (SSSR count). The average Bonchev–Trinajstić information content (AvgIpc) is 2.87. The van der Waals surface area contributed by atoms with E-state index in [2.05, 4.69) is 0 Å². The first-order chi connectivity index (χ1) is 8.89. The fourth-order valence-corrected chi connectivity index (χ4v) is 3.71. The molecule has 0 aromatic rings. The van der Waals surface area contributed by atoms with E-state index < -0.39 is 15.6 Å². The van der Waals surface area contributed by atoms with Crippen molar-refractivity contribution in [2.75, 3.05) is 32.7 Å². The molecule has 1 aliphatic carbocycles. The first kappa shape index (κ1) is 17.6. The molecule has 0 aromatic heterocycles. The summed E-state index contributed by atoms with van der Waals surface area (Å²) in [6, 6.07) is 0. The molecule has 9 heteroatoms. The van der Waals surface area contributed by atoms with Crippen LogP contribution in [0.5, 0.6) is 0 Å². The van der Waals surface area contributed by atoms with Crippen molar-refractivity contribution in [1.82, 2.24) is 9.21 Å². The molecule has 1 aliphatic heterocycles. The molecule has 4 N–H and O–H groups in total. The Bertz CT molecular complexity index is 443. The molecule has 1 amide bonds. The molecule has 0 radical (unpaired) electrons. The fourth-order valence-electron chi connectivity index (χ4n) is 3.04. The second-order valence-electron chi connectivity index (χ2n) is 5.43. The summed E-state index contributed by atoms with van der Waals surface area (Å²) in [5.74, 6) is 0.0848. The number of piperazine rings is 1. The predicted octanol–water partition coefficient (Wildman–Crippen LogP) is -0.725. The largest absolute Gasteiger partial charge is 0.340 e. The van der Waals surface area contributed by atoms with Gasteiger partial charge in [0.15, 0.2) is 0 Å². The van der Waals surface area contributed by atoms with Crippen LogP contribution in [0.1, 0.15) is 25.7 Å². The Morgan fingerprint density at radius 2 is 1.60 bits per heavy atom. The molecule has 0 spiro atoms. The molecule has 0 bridgehead atoms. The van der Waals surface area contributed by atoms with Gasteiger partial charge in [0, 0.05) is 32.7 Å². The van der Waals surface area contributed by atoms with E-state index in [0.717, 1.165) is 25.7 Å². The van der Waals surface area contributed by atoms with Crippen LogP contribution in [0.3, 0.4) is 0 Å². The molecule has 1 saturated heterocycles. The summed E-state index contributed by atoms with van der Waals surface area (Å²) in [5, 5.41) is 5.08. The van der Waals surface area contributed by atoms with Crippen molar-refractivity contribution < 1.29 is 13.2 Å². The maximum atomic E-state index is 12.6. The summed E-state index contributed by atoms with van der Waals surface area (Å²) in [7, 11) is -3.64. The highest BCUT2D eigenvalue weighted by atomic mass is 35.5. The van der Waals surface area contributed by atoms with Crippen molar-refractivity contribution in [3.8, 4) is 0 Å². The lowest BCUT2D eigenvalue weighted by Crippen LogP contribution is -2.56. The summed E-state index contributed by atoms with van der Waals surface area (Å²) < 4.78 is 23.6. The van der Waals surface area contributed by atoms with Crippen LogP contribution in [-0.2, 0) is 15.0 Å². The molecule has 1 saturated carbocycles. The maximum Gasteiger partial charge on any atom is 0.277 e. The van der Waals surface area contributed by atoms with Crippen LogP contribution in [0, 0.1) is 5.41 Å². The van der Waals surface area contributed by atoms with E-state index in [4.69, 9.17) is 10.9 Å². The predicted molar refractivity (Wildman–Crippen MR) is 78.5 cm³/mol. The zero-order chi connectivity index (χ0) is 14.1. The normalized spacial score (nSPS) is 23.4. The molecule has 0 unspecified atom stereocenters. The van der Waals surface area contributed by atoms with Gasteiger partial charge in [-0.05, 0) is 12.8 Å². The van der Waals surface area contributed by atoms with Crippen LogP contribution in [0.4, 0.5) is 0 Å². The highest BCUT2D eigenvalue weighted by molar-refractivity contribution is 7.86. The SMILES string of the molecule is Cl.NCC1(C(=O)N2CCN(S(N)(=O)=O)CC2)CCCC1. The molecule has 0 aromatic carbocycles. The fraction of sp³-hybridized carbons (Fsp3) is 0.909. The van der Waals surface area contributed by atoms with Crippen LogP contribution in [0.15, 0.2) is 0 Å². The van der Waals surface area contributed by atoms with Crippen molar-refractivity contribution >= 4 is 28.5 Å². The van der Waals surface area contributed by atoms with Gasteiger partial charge in [0.2, 0.25) is 5.91 Å². The lowest BCUT2D eigenvalue weighted by molar-refractivity contribution is -0.142. The number of carbonyl (C=O) groups is 1. The lowest BCUT2D eigenvalue weighted by Gasteiger charge is -2.38. The van der Waals surface area contributed by atoms with E-state index in [-0.39, 0.29) is 31.4 Å². The number of hydrogen-bond acceptors (Lipinski definition) is 4. The van der Waals surface area contributed by atoms with E-state index in [0.29, 0.717) is 19.6 Å². The second-order valence-corrected chi connectivity index (χ2v) is 6.97. The Labute approximate surface area is 126 Å². The van der Waals surface area contributed by atoms with Gasteiger partial charge < -0.3 is 10.6 Å². The van der Waals surface area contributed by atoms with Crippen molar-refractivity contribution in [1.29, 1.82) is 0 Å². The van der Waals surface area contributed by atoms with Crippen molar-refractivity contribution in [2.45, 2.75) is 25.7 Å². The van der Waals surface area contributed by atoms with Gasteiger partial charge >= 0.3 is 0 Å². The van der Waals surface area contributed by atoms with Gasteiger partial charge in [0.1, 0.15) is 0 Å². The van der Waals surface area contributed by atoms with Crippen LogP contribution in [0.2, 0.25) is 0 Å². The third-order valence-electron chi connectivity index (χ3n) is 4.29. The zero-order valence-electron chi connectivity index (χ0n) is 11.5. The first-order valence-corrected chi connectivity index (χ1v) is 8.17. The van der Waals surface area contributed by atoms with Gasteiger partial charge in [-0.25, -0.2) is 5.14 Å². The lowest BCUT2D eigenvalue weighted by atomic mass is 9.84. The Morgan fingerprint density at radius 3 is 2.00 bits per heavy atom. The summed E-state index contributed by atoms with van der Waals surface area (Å²) in [4.78, 5) is 14.3. The van der Waals surface area contributed by atoms with Crippen LogP contribution in [-0.4, -0.2) is 56.3 Å². The third-order valence-corrected chi connectivity index (χ3v) is 5.38. The quantitative estimate of drug-likeness (QED) is 0.712. The Morgan fingerprint density at radius 1 is 1.10 bits per heavy atom. The van der Waals surface area contributed by atoms with E-state index in [1.807, 2.05) is 0 Å². The van der Waals surface area contributed by atoms with Gasteiger partial charge in [0.05, 0.1) is 5.41 Å². The molecule has 118 valence electrons. The number of halogens is 1. The molecule has 7 nitrogen and oxygen atoms in total. The first-order valence-electron chi connectivity index (χ1n) is 6.66. The molecule has 0 atom stereocenters. The van der Waals surface area contributed by atoms with Gasteiger partial charge in [-0.3, -0.25) is 4.79 Å². The smallest absolute Gasteiger partial charge is 0.277 e. The molecule has 1 heterocycles. The van der Waals surface area contributed by atoms with Crippen LogP contribution < -0.4 is 10.9 Å². The van der Waals surface area contributed by atoms with Crippen molar-refractivity contribution in [3.05, 3.63) is 0 Å². The summed E-state index contributed by atoms with van der Waals surface area (Å²) in [6.45, 7) is 1.71. The van der Waals surface area contributed by atoms with Crippen LogP contribution >= 0.6 is 12.4 Å². The maximum absolute atomic E-state index is 12.6. The van der Waals surface area contributed by atoms with E-state index >= 15 is 0 Å². The van der Waals surface area contributed by atoms with Gasteiger partial charge in [0.25, 0.3) is 10.2 Å². The minimum absolute atomic E-state index is 0. The molecular formula is C11H23ClN4O3S. The number of rotatable bonds is 3. The van der Waals surface area contributed by atoms with E-state index in [1.165, 1.54) is 4.31 Å². The Kier molecular flexibility index (Phi) is 5.79. The number of carbonyl (C=O) groups excluding carboxylic acids is 1. The topological polar surface area (TPSA) is 110 Å².